The Morgan fingerprint density at radius 3 is 2.25 bits per heavy atom. The van der Waals surface area contributed by atoms with Crippen molar-refractivity contribution in [1.29, 1.82) is 0 Å². The van der Waals surface area contributed by atoms with Crippen molar-refractivity contribution in [2.75, 3.05) is 31.1 Å². The van der Waals surface area contributed by atoms with E-state index in [0.717, 1.165) is 50.0 Å². The molecule has 1 heterocycles. The Hall–Kier alpha value is -2.13. The Kier molecular flexibility index (Phi) is 8.53. The molecule has 0 aliphatic carbocycles. The van der Waals surface area contributed by atoms with Gasteiger partial charge in [0, 0.05) is 32.7 Å². The molecule has 0 unspecified atom stereocenters. The fourth-order valence-corrected chi connectivity index (χ4v) is 4.59. The molecule has 1 aliphatic rings. The molecular formula is C24H35N3O4S. The minimum absolute atomic E-state index is 0.00655. The number of likely N-dealkylation sites (tertiary alicyclic amines) is 1. The molecule has 2 aromatic rings. The number of nitrogens with two attached hydrogens (primary N) is 1. The second-order valence-electron chi connectivity index (χ2n) is 8.44. The molecule has 0 spiro atoms. The number of nitrogens with zero attached hydrogens (tertiary/aromatic N) is 2. The van der Waals surface area contributed by atoms with E-state index < -0.39 is 10.0 Å². The molecule has 0 atom stereocenters. The van der Waals surface area contributed by atoms with E-state index >= 15 is 0 Å². The lowest BCUT2D eigenvalue weighted by Crippen LogP contribution is -2.49. The lowest BCUT2D eigenvalue weighted by molar-refractivity contribution is -0.00290. The predicted octanol–water partition coefficient (Wildman–Crippen LogP) is 3.71. The number of primary sulfonamides is 1. The summed E-state index contributed by atoms with van der Waals surface area (Å²) >= 11 is 0. The predicted molar refractivity (Wildman–Crippen MR) is 128 cm³/mol. The number of hydrogen-bond donors (Lipinski definition) is 2. The number of ether oxygens (including phenoxy) is 1. The molecule has 8 heteroatoms. The van der Waals surface area contributed by atoms with Crippen molar-refractivity contribution in [3.8, 4) is 11.5 Å². The van der Waals surface area contributed by atoms with Crippen LogP contribution >= 0.6 is 0 Å². The van der Waals surface area contributed by atoms with Crippen LogP contribution in [0.2, 0.25) is 0 Å². The first-order valence-electron chi connectivity index (χ1n) is 11.4. The van der Waals surface area contributed by atoms with E-state index in [1.54, 1.807) is 18.2 Å². The van der Waals surface area contributed by atoms with Gasteiger partial charge < -0.3 is 14.7 Å². The Morgan fingerprint density at radius 2 is 1.72 bits per heavy atom. The zero-order valence-electron chi connectivity index (χ0n) is 19.0. The fourth-order valence-electron chi connectivity index (χ4n) is 3.87. The summed E-state index contributed by atoms with van der Waals surface area (Å²) in [6, 6.07) is 12.8. The van der Waals surface area contributed by atoms with Gasteiger partial charge in [-0.15, -0.1) is 0 Å². The largest absolute Gasteiger partial charge is 0.454 e. The maximum atomic E-state index is 12.6. The molecule has 0 bridgehead atoms. The van der Waals surface area contributed by atoms with Gasteiger partial charge >= 0.3 is 0 Å². The van der Waals surface area contributed by atoms with E-state index in [0.29, 0.717) is 25.4 Å². The van der Waals surface area contributed by atoms with Crippen LogP contribution in [0.4, 0.5) is 5.69 Å². The Morgan fingerprint density at radius 1 is 1.09 bits per heavy atom. The molecule has 1 fully saturated rings. The van der Waals surface area contributed by atoms with Crippen LogP contribution in [0.5, 0.6) is 11.5 Å². The van der Waals surface area contributed by atoms with E-state index in [2.05, 4.69) is 23.6 Å². The maximum Gasteiger partial charge on any atom is 0.241 e. The Balaban J connectivity index is 2.10. The number of rotatable bonds is 12. The molecular weight excluding hydrogens is 426 g/mol. The highest BCUT2D eigenvalue weighted by Crippen LogP contribution is 2.40. The van der Waals surface area contributed by atoms with Crippen molar-refractivity contribution in [3.63, 3.8) is 0 Å². The second-order valence-corrected chi connectivity index (χ2v) is 9.97. The fraction of sp³-hybridized carbons (Fsp3) is 0.500. The molecule has 176 valence electrons. The highest BCUT2D eigenvalue weighted by atomic mass is 32.2. The molecule has 3 N–H and O–H groups in total. The van der Waals surface area contributed by atoms with Crippen LogP contribution in [0.3, 0.4) is 0 Å². The van der Waals surface area contributed by atoms with E-state index in [9.17, 15) is 13.5 Å². The highest BCUT2D eigenvalue weighted by molar-refractivity contribution is 7.89. The van der Waals surface area contributed by atoms with Crippen LogP contribution in [0.1, 0.15) is 45.1 Å². The summed E-state index contributed by atoms with van der Waals surface area (Å²) in [5.41, 5.74) is 1.59. The number of sulfonamides is 1. The minimum atomic E-state index is -4.03. The molecule has 0 radical (unpaired) electrons. The smallest absolute Gasteiger partial charge is 0.241 e. The van der Waals surface area contributed by atoms with E-state index in [4.69, 9.17) is 9.88 Å². The van der Waals surface area contributed by atoms with Crippen molar-refractivity contribution >= 4 is 15.7 Å². The lowest BCUT2D eigenvalue weighted by Gasteiger charge is -2.36. The normalized spacial score (nSPS) is 14.9. The van der Waals surface area contributed by atoms with Crippen LogP contribution in [-0.2, 0) is 16.6 Å². The number of hydrogen-bond acceptors (Lipinski definition) is 6. The van der Waals surface area contributed by atoms with Gasteiger partial charge in [-0.05, 0) is 42.7 Å². The number of β-amino-alcohol motifs (C(OH)–C–C–N with tert-alkyl or cyclic N) is 1. The first-order valence-corrected chi connectivity index (χ1v) is 12.9. The molecule has 0 amide bonds. The minimum Gasteiger partial charge on any atom is -0.454 e. The maximum absolute atomic E-state index is 12.6. The third-order valence-corrected chi connectivity index (χ3v) is 6.53. The topological polar surface area (TPSA) is 96.1 Å². The van der Waals surface area contributed by atoms with E-state index in [1.165, 1.54) is 0 Å². The number of aliphatic hydroxyl groups excluding tert-OH is 1. The van der Waals surface area contributed by atoms with Crippen molar-refractivity contribution in [2.24, 2.45) is 5.14 Å². The van der Waals surface area contributed by atoms with Crippen molar-refractivity contribution in [2.45, 2.75) is 57.1 Å². The molecule has 1 aliphatic heterocycles. The zero-order chi connectivity index (χ0) is 23.1. The van der Waals surface area contributed by atoms with Crippen LogP contribution < -0.4 is 14.8 Å². The Labute approximate surface area is 191 Å². The van der Waals surface area contributed by atoms with Crippen molar-refractivity contribution in [3.05, 3.63) is 48.0 Å². The molecule has 7 nitrogen and oxygen atoms in total. The van der Waals surface area contributed by atoms with E-state index in [1.807, 2.05) is 24.3 Å². The van der Waals surface area contributed by atoms with Gasteiger partial charge in [-0.2, -0.15) is 0 Å². The lowest BCUT2D eigenvalue weighted by atomic mass is 10.1. The third kappa shape index (κ3) is 6.45. The average Bonchev–Trinajstić information content (AvgIpc) is 2.73. The first-order chi connectivity index (χ1) is 15.3. The van der Waals surface area contributed by atoms with Crippen molar-refractivity contribution < 1.29 is 18.3 Å². The number of unbranched alkanes of at least 4 members (excludes halogenated alkanes) is 2. The quantitative estimate of drug-likeness (QED) is 0.500. The summed E-state index contributed by atoms with van der Waals surface area (Å²) in [6.45, 7) is 7.60. The van der Waals surface area contributed by atoms with Gasteiger partial charge in [-0.1, -0.05) is 44.9 Å². The number of anilines is 1. The first kappa shape index (κ1) is 24.5. The van der Waals surface area contributed by atoms with Crippen LogP contribution in [0.25, 0.3) is 0 Å². The molecule has 0 aromatic heterocycles. The van der Waals surface area contributed by atoms with Crippen LogP contribution in [-0.4, -0.2) is 50.7 Å². The van der Waals surface area contributed by atoms with Gasteiger partial charge in [-0.25, -0.2) is 13.6 Å². The number of para-hydroxylation sites is 1. The number of benzene rings is 2. The third-order valence-electron chi connectivity index (χ3n) is 5.61. The SMILES string of the molecule is CCCCN(CCCC)c1cc(CN2CC(O)C2)cc(S(N)(=O)=O)c1Oc1ccccc1. The van der Waals surface area contributed by atoms with Gasteiger partial charge in [0.2, 0.25) is 10.0 Å². The average molecular weight is 462 g/mol. The van der Waals surface area contributed by atoms with Gasteiger partial charge in [0.05, 0.1) is 11.8 Å². The summed E-state index contributed by atoms with van der Waals surface area (Å²) < 4.78 is 31.5. The summed E-state index contributed by atoms with van der Waals surface area (Å²) in [4.78, 5) is 4.29. The molecule has 32 heavy (non-hydrogen) atoms. The standard InChI is InChI=1S/C24H35N3O4S/c1-3-5-12-27(13-6-4-2)22-14-19(16-26-17-20(28)18-26)15-23(32(25,29)30)24(22)31-21-10-8-7-9-11-21/h7-11,14-15,20,28H,3-6,12-13,16-18H2,1-2H3,(H2,25,29,30). The highest BCUT2D eigenvalue weighted by Gasteiger charge is 2.28. The summed E-state index contributed by atoms with van der Waals surface area (Å²) in [5.74, 6) is 0.835. The molecule has 1 saturated heterocycles. The van der Waals surface area contributed by atoms with Crippen LogP contribution in [0.15, 0.2) is 47.4 Å². The molecule has 3 rings (SSSR count). The monoisotopic (exact) mass is 461 g/mol. The zero-order valence-corrected chi connectivity index (χ0v) is 19.9. The summed E-state index contributed by atoms with van der Waals surface area (Å²) in [6.07, 6.45) is 3.72. The molecule has 0 saturated carbocycles. The second kappa shape index (κ2) is 11.1. The van der Waals surface area contributed by atoms with Gasteiger partial charge in [0.15, 0.2) is 5.75 Å². The number of aliphatic hydroxyl groups is 1. The van der Waals surface area contributed by atoms with Crippen LogP contribution in [0, 0.1) is 0 Å². The summed E-state index contributed by atoms with van der Waals surface area (Å²) in [7, 11) is -4.03. The van der Waals surface area contributed by atoms with E-state index in [-0.39, 0.29) is 16.7 Å². The van der Waals surface area contributed by atoms with Crippen molar-refractivity contribution in [1.82, 2.24) is 4.90 Å². The van der Waals surface area contributed by atoms with Gasteiger partial charge in [0.1, 0.15) is 10.6 Å². The molecule has 2 aromatic carbocycles. The summed E-state index contributed by atoms with van der Waals surface area (Å²) in [5, 5.41) is 15.3. The van der Waals surface area contributed by atoms with Gasteiger partial charge in [-0.3, -0.25) is 4.90 Å². The van der Waals surface area contributed by atoms with Gasteiger partial charge in [0.25, 0.3) is 0 Å². The Bertz CT molecular complexity index is 968.